The van der Waals surface area contributed by atoms with Crippen molar-refractivity contribution < 1.29 is 19.4 Å². The molecular formula is C14H17ClN4O5. The number of alkyl carbamates (subject to hydrolysis) is 1. The normalized spacial score (nSPS) is 25.9. The lowest BCUT2D eigenvalue weighted by atomic mass is 9.80. The number of carbonyl (C=O) groups excluding carboxylic acids is 1. The molecule has 1 saturated heterocycles. The van der Waals surface area contributed by atoms with Gasteiger partial charge in [-0.1, -0.05) is 11.6 Å². The Labute approximate surface area is 141 Å². The van der Waals surface area contributed by atoms with Crippen LogP contribution >= 0.6 is 11.6 Å². The third kappa shape index (κ3) is 3.45. The van der Waals surface area contributed by atoms with Crippen LogP contribution < -0.4 is 15.8 Å². The van der Waals surface area contributed by atoms with Crippen LogP contribution in [-0.4, -0.2) is 52.6 Å². The molecule has 130 valence electrons. The third-order valence-electron chi connectivity index (χ3n) is 4.35. The SMILES string of the molecule is O=C(N[C@H]1C[C@H](C(=O)O)C1)OC1CCN(c2cn[nH]c(=O)c2Cl)C1. The van der Waals surface area contributed by atoms with E-state index in [0.29, 0.717) is 38.0 Å². The molecule has 0 aromatic carbocycles. The second-order valence-corrected chi connectivity index (χ2v) is 6.39. The van der Waals surface area contributed by atoms with E-state index in [1.807, 2.05) is 4.90 Å². The predicted molar refractivity (Wildman–Crippen MR) is 84.3 cm³/mol. The Bertz CT molecular complexity index is 703. The number of hydrogen-bond acceptors (Lipinski definition) is 6. The summed E-state index contributed by atoms with van der Waals surface area (Å²) >= 11 is 5.97. The number of carboxylic acid groups (broad SMARTS) is 1. The largest absolute Gasteiger partial charge is 0.481 e. The summed E-state index contributed by atoms with van der Waals surface area (Å²) < 4.78 is 5.35. The summed E-state index contributed by atoms with van der Waals surface area (Å²) in [6.07, 6.45) is 2.05. The molecule has 0 radical (unpaired) electrons. The van der Waals surface area contributed by atoms with Gasteiger partial charge in [-0.2, -0.15) is 5.10 Å². The highest BCUT2D eigenvalue weighted by Crippen LogP contribution is 2.28. The van der Waals surface area contributed by atoms with E-state index in [9.17, 15) is 14.4 Å². The molecule has 10 heteroatoms. The fraction of sp³-hybridized carbons (Fsp3) is 0.571. The zero-order valence-corrected chi connectivity index (χ0v) is 13.5. The molecule has 1 aromatic heterocycles. The molecule has 2 aliphatic rings. The number of ether oxygens (including phenoxy) is 1. The summed E-state index contributed by atoms with van der Waals surface area (Å²) in [5.74, 6) is -1.22. The average molecular weight is 357 g/mol. The smallest absolute Gasteiger partial charge is 0.407 e. The Morgan fingerprint density at radius 1 is 1.46 bits per heavy atom. The van der Waals surface area contributed by atoms with Gasteiger partial charge in [0.15, 0.2) is 0 Å². The number of aromatic nitrogens is 2. The molecule has 24 heavy (non-hydrogen) atoms. The van der Waals surface area contributed by atoms with Gasteiger partial charge in [0.1, 0.15) is 11.1 Å². The molecule has 1 saturated carbocycles. The van der Waals surface area contributed by atoms with Crippen LogP contribution in [0.3, 0.4) is 0 Å². The second kappa shape index (κ2) is 6.68. The first-order valence-corrected chi connectivity index (χ1v) is 8.00. The second-order valence-electron chi connectivity index (χ2n) is 6.01. The molecule has 1 aliphatic carbocycles. The summed E-state index contributed by atoms with van der Waals surface area (Å²) in [6.45, 7) is 1.01. The van der Waals surface area contributed by atoms with Crippen molar-refractivity contribution in [2.75, 3.05) is 18.0 Å². The Balaban J connectivity index is 1.48. The van der Waals surface area contributed by atoms with Crippen LogP contribution in [0.25, 0.3) is 0 Å². The lowest BCUT2D eigenvalue weighted by molar-refractivity contribution is -0.145. The maximum absolute atomic E-state index is 11.9. The minimum Gasteiger partial charge on any atom is -0.481 e. The maximum Gasteiger partial charge on any atom is 0.407 e. The molecule has 0 bridgehead atoms. The van der Waals surface area contributed by atoms with Crippen molar-refractivity contribution in [3.05, 3.63) is 21.6 Å². The van der Waals surface area contributed by atoms with E-state index in [4.69, 9.17) is 21.4 Å². The Morgan fingerprint density at radius 2 is 2.21 bits per heavy atom. The zero-order chi connectivity index (χ0) is 17.3. The van der Waals surface area contributed by atoms with E-state index < -0.39 is 17.6 Å². The number of H-pyrrole nitrogens is 1. The van der Waals surface area contributed by atoms with Crippen molar-refractivity contribution >= 4 is 29.4 Å². The maximum atomic E-state index is 11.9. The number of amides is 1. The first-order valence-electron chi connectivity index (χ1n) is 7.62. The lowest BCUT2D eigenvalue weighted by Crippen LogP contribution is -2.47. The summed E-state index contributed by atoms with van der Waals surface area (Å²) in [6, 6.07) is -0.151. The van der Waals surface area contributed by atoms with Gasteiger partial charge in [-0.25, -0.2) is 9.89 Å². The molecule has 0 spiro atoms. The number of carbonyl (C=O) groups is 2. The number of aromatic amines is 1. The molecule has 1 amide bonds. The van der Waals surface area contributed by atoms with Gasteiger partial charge in [-0.15, -0.1) is 0 Å². The highest BCUT2D eigenvalue weighted by molar-refractivity contribution is 6.33. The highest BCUT2D eigenvalue weighted by atomic mass is 35.5. The van der Waals surface area contributed by atoms with Gasteiger partial charge in [0, 0.05) is 19.0 Å². The summed E-state index contributed by atoms with van der Waals surface area (Å²) in [5, 5.41) is 17.5. The molecule has 3 N–H and O–H groups in total. The summed E-state index contributed by atoms with van der Waals surface area (Å²) in [7, 11) is 0. The quantitative estimate of drug-likeness (QED) is 0.721. The molecule has 3 rings (SSSR count). The first-order chi connectivity index (χ1) is 11.4. The number of nitrogens with one attached hydrogen (secondary N) is 2. The van der Waals surface area contributed by atoms with Gasteiger partial charge in [0.25, 0.3) is 5.56 Å². The van der Waals surface area contributed by atoms with E-state index in [0.717, 1.165) is 0 Å². The van der Waals surface area contributed by atoms with Crippen LogP contribution in [-0.2, 0) is 9.53 Å². The van der Waals surface area contributed by atoms with E-state index in [-0.39, 0.29) is 23.1 Å². The van der Waals surface area contributed by atoms with Crippen LogP contribution in [0.5, 0.6) is 0 Å². The van der Waals surface area contributed by atoms with Gasteiger partial charge in [-0.05, 0) is 12.8 Å². The Kier molecular flexibility index (Phi) is 4.61. The molecule has 1 unspecified atom stereocenters. The molecular weight excluding hydrogens is 340 g/mol. The molecule has 9 nitrogen and oxygen atoms in total. The van der Waals surface area contributed by atoms with Crippen molar-refractivity contribution in [2.45, 2.75) is 31.4 Å². The fourth-order valence-corrected chi connectivity index (χ4v) is 3.14. The van der Waals surface area contributed by atoms with Crippen molar-refractivity contribution in [3.8, 4) is 0 Å². The van der Waals surface area contributed by atoms with E-state index >= 15 is 0 Å². The van der Waals surface area contributed by atoms with Gasteiger partial charge < -0.3 is 20.1 Å². The van der Waals surface area contributed by atoms with Gasteiger partial charge >= 0.3 is 12.1 Å². The van der Waals surface area contributed by atoms with Crippen molar-refractivity contribution in [1.82, 2.24) is 15.5 Å². The monoisotopic (exact) mass is 356 g/mol. The number of nitrogens with zero attached hydrogens (tertiary/aromatic N) is 2. The van der Waals surface area contributed by atoms with E-state index in [1.165, 1.54) is 6.20 Å². The fourth-order valence-electron chi connectivity index (χ4n) is 2.93. The minimum atomic E-state index is -0.837. The minimum absolute atomic E-state index is 0.0595. The summed E-state index contributed by atoms with van der Waals surface area (Å²) in [5.41, 5.74) is 0.0458. The number of anilines is 1. The number of halogens is 1. The van der Waals surface area contributed by atoms with Gasteiger partial charge in [0.2, 0.25) is 0 Å². The van der Waals surface area contributed by atoms with Gasteiger partial charge in [-0.3, -0.25) is 9.59 Å². The van der Waals surface area contributed by atoms with Crippen LogP contribution in [0, 0.1) is 5.92 Å². The molecule has 2 fully saturated rings. The van der Waals surface area contributed by atoms with Crippen LogP contribution in [0.4, 0.5) is 10.5 Å². The molecule has 2 heterocycles. The molecule has 1 aliphatic heterocycles. The van der Waals surface area contributed by atoms with Crippen molar-refractivity contribution in [3.63, 3.8) is 0 Å². The number of rotatable bonds is 4. The Hall–Kier alpha value is -2.29. The first kappa shape index (κ1) is 16.6. The molecule has 1 atom stereocenters. The van der Waals surface area contributed by atoms with E-state index in [2.05, 4.69) is 15.5 Å². The summed E-state index contributed by atoms with van der Waals surface area (Å²) in [4.78, 5) is 35.9. The number of hydrogen-bond donors (Lipinski definition) is 3. The van der Waals surface area contributed by atoms with Gasteiger partial charge in [0.05, 0.1) is 24.3 Å². The van der Waals surface area contributed by atoms with Crippen molar-refractivity contribution in [1.29, 1.82) is 0 Å². The average Bonchev–Trinajstić information content (AvgIpc) is 2.93. The Morgan fingerprint density at radius 3 is 2.92 bits per heavy atom. The topological polar surface area (TPSA) is 125 Å². The third-order valence-corrected chi connectivity index (χ3v) is 4.71. The number of carboxylic acids is 1. The highest BCUT2D eigenvalue weighted by Gasteiger charge is 2.36. The van der Waals surface area contributed by atoms with Crippen LogP contribution in [0.15, 0.2) is 11.0 Å². The van der Waals surface area contributed by atoms with Crippen molar-refractivity contribution in [2.24, 2.45) is 5.92 Å². The van der Waals surface area contributed by atoms with E-state index in [1.54, 1.807) is 0 Å². The number of aliphatic carboxylic acids is 1. The predicted octanol–water partition coefficient (Wildman–Crippen LogP) is 0.591. The standard InChI is InChI=1S/C14H17ClN4O5/c15-11-10(5-16-18-12(11)20)19-2-1-9(6-19)24-14(23)17-8-3-7(4-8)13(21)22/h5,7-9H,1-4,6H2,(H,17,23)(H,18,20)(H,21,22)/t7-,8-,9?. The van der Waals surface area contributed by atoms with Crippen LogP contribution in [0.1, 0.15) is 19.3 Å². The zero-order valence-electron chi connectivity index (χ0n) is 12.7. The van der Waals surface area contributed by atoms with Crippen LogP contribution in [0.2, 0.25) is 5.02 Å². The lowest BCUT2D eigenvalue weighted by Gasteiger charge is -2.32. The molecule has 1 aromatic rings.